The topological polar surface area (TPSA) is 58.6 Å². The molecule has 0 radical (unpaired) electrons. The first kappa shape index (κ1) is 15.3. The van der Waals surface area contributed by atoms with E-state index in [1.54, 1.807) is 0 Å². The summed E-state index contributed by atoms with van der Waals surface area (Å²) in [6.07, 6.45) is 1.48. The number of amides is 2. The fourth-order valence-corrected chi connectivity index (χ4v) is 2.36. The van der Waals surface area contributed by atoms with E-state index in [2.05, 4.69) is 11.9 Å². The van der Waals surface area contributed by atoms with Gasteiger partial charge in [0.05, 0.1) is 19.3 Å². The minimum Gasteiger partial charge on any atom is -0.377 e. The van der Waals surface area contributed by atoms with Crippen LogP contribution in [0.2, 0.25) is 0 Å². The van der Waals surface area contributed by atoms with E-state index in [4.69, 9.17) is 4.74 Å². The number of rotatable bonds is 5. The van der Waals surface area contributed by atoms with Crippen LogP contribution in [0.3, 0.4) is 0 Å². The molecule has 0 spiro atoms. The van der Waals surface area contributed by atoms with Gasteiger partial charge in [-0.15, -0.1) is 0 Å². The summed E-state index contributed by atoms with van der Waals surface area (Å²) in [5.41, 5.74) is 1.07. The lowest BCUT2D eigenvalue weighted by atomic mass is 10.0. The molecule has 2 amide bonds. The molecule has 112 valence electrons. The van der Waals surface area contributed by atoms with Crippen molar-refractivity contribution in [3.8, 4) is 0 Å². The third kappa shape index (κ3) is 4.16. The highest BCUT2D eigenvalue weighted by Crippen LogP contribution is 2.24. The van der Waals surface area contributed by atoms with Crippen molar-refractivity contribution in [1.29, 1.82) is 0 Å². The second-order valence-corrected chi connectivity index (χ2v) is 4.83. The van der Waals surface area contributed by atoms with Crippen LogP contribution < -0.4 is 5.32 Å². The first-order valence-corrected chi connectivity index (χ1v) is 7.05. The molecule has 1 aliphatic heterocycles. The standard InChI is InChI=1S/C16H20N2O3/c1-2-15(19)17-9-8-16(20)18-10-11-21-12-14(18)13-6-4-3-5-7-13/h2-7,14H,1,8-12H2,(H,17,19). The monoisotopic (exact) mass is 288 g/mol. The van der Waals surface area contributed by atoms with Gasteiger partial charge in [0.25, 0.3) is 0 Å². The maximum Gasteiger partial charge on any atom is 0.243 e. The smallest absolute Gasteiger partial charge is 0.243 e. The summed E-state index contributed by atoms with van der Waals surface area (Å²) >= 11 is 0. The lowest BCUT2D eigenvalue weighted by molar-refractivity contribution is -0.140. The lowest BCUT2D eigenvalue weighted by Crippen LogP contribution is -2.44. The summed E-state index contributed by atoms with van der Waals surface area (Å²) in [6, 6.07) is 9.80. The number of benzene rings is 1. The molecule has 1 aromatic carbocycles. The van der Waals surface area contributed by atoms with E-state index in [9.17, 15) is 9.59 Å². The third-order valence-electron chi connectivity index (χ3n) is 3.46. The molecule has 0 aliphatic carbocycles. The number of nitrogens with zero attached hydrogens (tertiary/aromatic N) is 1. The number of ether oxygens (including phenoxy) is 1. The van der Waals surface area contributed by atoms with Gasteiger partial charge >= 0.3 is 0 Å². The molecule has 5 heteroatoms. The van der Waals surface area contributed by atoms with Gasteiger partial charge in [-0.05, 0) is 11.6 Å². The largest absolute Gasteiger partial charge is 0.377 e. The molecule has 1 aromatic rings. The van der Waals surface area contributed by atoms with Gasteiger partial charge in [-0.3, -0.25) is 9.59 Å². The van der Waals surface area contributed by atoms with E-state index in [0.717, 1.165) is 5.56 Å². The molecular formula is C16H20N2O3. The van der Waals surface area contributed by atoms with Crippen LogP contribution in [0.25, 0.3) is 0 Å². The molecule has 1 unspecified atom stereocenters. The molecule has 21 heavy (non-hydrogen) atoms. The van der Waals surface area contributed by atoms with Gasteiger partial charge in [0.15, 0.2) is 0 Å². The van der Waals surface area contributed by atoms with E-state index in [1.807, 2.05) is 35.2 Å². The van der Waals surface area contributed by atoms with Crippen LogP contribution in [0, 0.1) is 0 Å². The average Bonchev–Trinajstić information content (AvgIpc) is 2.55. The maximum atomic E-state index is 12.3. The maximum absolute atomic E-state index is 12.3. The van der Waals surface area contributed by atoms with E-state index in [-0.39, 0.29) is 24.3 Å². The van der Waals surface area contributed by atoms with Crippen molar-refractivity contribution < 1.29 is 14.3 Å². The molecule has 1 saturated heterocycles. The minimum atomic E-state index is -0.260. The minimum absolute atomic E-state index is 0.0246. The van der Waals surface area contributed by atoms with Crippen LogP contribution in [-0.2, 0) is 14.3 Å². The Kier molecular flexibility index (Phi) is 5.51. The highest BCUT2D eigenvalue weighted by atomic mass is 16.5. The van der Waals surface area contributed by atoms with Crippen LogP contribution in [0.5, 0.6) is 0 Å². The zero-order valence-corrected chi connectivity index (χ0v) is 12.0. The molecule has 1 fully saturated rings. The van der Waals surface area contributed by atoms with Crippen LogP contribution in [-0.4, -0.2) is 43.0 Å². The van der Waals surface area contributed by atoms with Gasteiger partial charge in [-0.25, -0.2) is 0 Å². The van der Waals surface area contributed by atoms with Crippen LogP contribution in [0.4, 0.5) is 0 Å². The second-order valence-electron chi connectivity index (χ2n) is 4.83. The molecule has 1 N–H and O–H groups in total. The second kappa shape index (κ2) is 7.59. The highest BCUT2D eigenvalue weighted by Gasteiger charge is 2.27. The summed E-state index contributed by atoms with van der Waals surface area (Å²) in [4.78, 5) is 25.3. The van der Waals surface area contributed by atoms with Crippen molar-refractivity contribution >= 4 is 11.8 Å². The Bertz CT molecular complexity index is 502. The SMILES string of the molecule is C=CC(=O)NCCC(=O)N1CCOCC1c1ccccc1. The van der Waals surface area contributed by atoms with E-state index in [0.29, 0.717) is 26.3 Å². The zero-order chi connectivity index (χ0) is 15.1. The molecule has 0 saturated carbocycles. The van der Waals surface area contributed by atoms with Crippen molar-refractivity contribution in [1.82, 2.24) is 10.2 Å². The van der Waals surface area contributed by atoms with Gasteiger partial charge in [0, 0.05) is 19.5 Å². The fraction of sp³-hybridized carbons (Fsp3) is 0.375. The number of hydrogen-bond acceptors (Lipinski definition) is 3. The normalized spacial score (nSPS) is 18.1. The average molecular weight is 288 g/mol. The van der Waals surface area contributed by atoms with Crippen molar-refractivity contribution in [2.75, 3.05) is 26.3 Å². The predicted octanol–water partition coefficient (Wildman–Crippen LogP) is 1.28. The Morgan fingerprint density at radius 3 is 2.86 bits per heavy atom. The van der Waals surface area contributed by atoms with Gasteiger partial charge in [-0.2, -0.15) is 0 Å². The summed E-state index contributed by atoms with van der Waals surface area (Å²) < 4.78 is 5.50. The first-order chi connectivity index (χ1) is 10.2. The lowest BCUT2D eigenvalue weighted by Gasteiger charge is -2.36. The zero-order valence-electron chi connectivity index (χ0n) is 12.0. The predicted molar refractivity (Wildman–Crippen MR) is 79.5 cm³/mol. The molecule has 5 nitrogen and oxygen atoms in total. The molecular weight excluding hydrogens is 268 g/mol. The van der Waals surface area contributed by atoms with Crippen LogP contribution in [0.1, 0.15) is 18.0 Å². The van der Waals surface area contributed by atoms with Gasteiger partial charge in [-0.1, -0.05) is 36.9 Å². The van der Waals surface area contributed by atoms with E-state index < -0.39 is 0 Å². The quantitative estimate of drug-likeness (QED) is 0.830. The third-order valence-corrected chi connectivity index (χ3v) is 3.46. The molecule has 1 heterocycles. The van der Waals surface area contributed by atoms with Crippen LogP contribution in [0.15, 0.2) is 43.0 Å². The molecule has 2 rings (SSSR count). The Labute approximate surface area is 124 Å². The Balaban J connectivity index is 1.96. The molecule has 0 aromatic heterocycles. The summed E-state index contributed by atoms with van der Waals surface area (Å²) in [6.45, 7) is 5.33. The van der Waals surface area contributed by atoms with Gasteiger partial charge in [0.1, 0.15) is 0 Å². The Hall–Kier alpha value is -2.14. The molecule has 0 bridgehead atoms. The van der Waals surface area contributed by atoms with E-state index >= 15 is 0 Å². The Morgan fingerprint density at radius 2 is 2.14 bits per heavy atom. The first-order valence-electron chi connectivity index (χ1n) is 7.05. The molecule has 1 atom stereocenters. The van der Waals surface area contributed by atoms with E-state index in [1.165, 1.54) is 6.08 Å². The number of carbonyl (C=O) groups is 2. The van der Waals surface area contributed by atoms with Crippen molar-refractivity contribution in [2.24, 2.45) is 0 Å². The summed E-state index contributed by atoms with van der Waals surface area (Å²) in [5.74, 6) is -0.235. The number of hydrogen-bond donors (Lipinski definition) is 1. The van der Waals surface area contributed by atoms with Gasteiger partial charge in [0.2, 0.25) is 11.8 Å². The summed E-state index contributed by atoms with van der Waals surface area (Å²) in [5, 5.41) is 2.62. The number of carbonyl (C=O) groups excluding carboxylic acids is 2. The van der Waals surface area contributed by atoms with Crippen LogP contribution >= 0.6 is 0 Å². The van der Waals surface area contributed by atoms with Crippen molar-refractivity contribution in [2.45, 2.75) is 12.5 Å². The Morgan fingerprint density at radius 1 is 1.38 bits per heavy atom. The van der Waals surface area contributed by atoms with Crippen molar-refractivity contribution in [3.63, 3.8) is 0 Å². The molecule has 1 aliphatic rings. The number of nitrogens with one attached hydrogen (secondary N) is 1. The van der Waals surface area contributed by atoms with Gasteiger partial charge < -0.3 is 15.0 Å². The summed E-state index contributed by atoms with van der Waals surface area (Å²) in [7, 11) is 0. The highest BCUT2D eigenvalue weighted by molar-refractivity contribution is 5.87. The fourth-order valence-electron chi connectivity index (χ4n) is 2.36. The number of morpholine rings is 1. The van der Waals surface area contributed by atoms with Crippen molar-refractivity contribution in [3.05, 3.63) is 48.6 Å².